The molecule has 2 rings (SSSR count). The van der Waals surface area contributed by atoms with Gasteiger partial charge in [-0.2, -0.15) is 0 Å². The number of ether oxygens (including phenoxy) is 2. The summed E-state index contributed by atoms with van der Waals surface area (Å²) in [6, 6.07) is 0. The van der Waals surface area contributed by atoms with Crippen LogP contribution in [0.2, 0.25) is 0 Å². The topological polar surface area (TPSA) is 57.5 Å². The minimum absolute atomic E-state index is 0.0572. The first-order chi connectivity index (χ1) is 9.10. The molecule has 0 N–H and O–H groups in total. The third kappa shape index (κ3) is 2.35. The number of rotatable bonds is 4. The molecule has 0 saturated carbocycles. The largest absolute Gasteiger partial charge is 0.491 e. The minimum Gasteiger partial charge on any atom is -0.491 e. The maximum Gasteiger partial charge on any atom is 0.343 e. The molecule has 0 spiro atoms. The van der Waals surface area contributed by atoms with Gasteiger partial charge in [0.15, 0.2) is 5.75 Å². The van der Waals surface area contributed by atoms with Gasteiger partial charge in [0.1, 0.15) is 15.8 Å². The number of hydrogen-bond donors (Lipinski definition) is 0. The molecular weight excluding hydrogens is 266 g/mol. The van der Waals surface area contributed by atoms with Crippen LogP contribution in [-0.4, -0.2) is 23.8 Å². The van der Waals surface area contributed by atoms with Crippen molar-refractivity contribution in [2.45, 2.75) is 13.8 Å². The van der Waals surface area contributed by atoms with Gasteiger partial charge in [0.05, 0.1) is 13.2 Å². The van der Waals surface area contributed by atoms with Crippen molar-refractivity contribution in [1.82, 2.24) is 4.57 Å². The highest BCUT2D eigenvalue weighted by Gasteiger charge is 2.19. The molecule has 102 valence electrons. The zero-order chi connectivity index (χ0) is 14.0. The van der Waals surface area contributed by atoms with Crippen LogP contribution in [0.15, 0.2) is 16.4 Å². The fourth-order valence-corrected chi connectivity index (χ4v) is 2.86. The molecule has 19 heavy (non-hydrogen) atoms. The van der Waals surface area contributed by atoms with Gasteiger partial charge in [-0.1, -0.05) is 0 Å². The van der Waals surface area contributed by atoms with Gasteiger partial charge in [0.25, 0.3) is 0 Å². The smallest absolute Gasteiger partial charge is 0.343 e. The number of esters is 1. The highest BCUT2D eigenvalue weighted by molar-refractivity contribution is 7.17. The van der Waals surface area contributed by atoms with Crippen molar-refractivity contribution < 1.29 is 14.3 Å². The Labute approximate surface area is 114 Å². The van der Waals surface area contributed by atoms with Crippen molar-refractivity contribution in [3.63, 3.8) is 0 Å². The van der Waals surface area contributed by atoms with Gasteiger partial charge in [-0.3, -0.25) is 4.79 Å². The number of hydrogen-bond acceptors (Lipinski definition) is 5. The number of aryl methyl sites for hydroxylation is 1. The Hall–Kier alpha value is -1.82. The van der Waals surface area contributed by atoms with E-state index in [0.717, 1.165) is 0 Å². The zero-order valence-electron chi connectivity index (χ0n) is 11.1. The number of pyridine rings is 1. The normalized spacial score (nSPS) is 10.7. The van der Waals surface area contributed by atoms with Crippen LogP contribution in [0.4, 0.5) is 0 Å². The Bertz CT molecular complexity index is 671. The van der Waals surface area contributed by atoms with Crippen molar-refractivity contribution in [1.29, 1.82) is 0 Å². The average molecular weight is 281 g/mol. The summed E-state index contributed by atoms with van der Waals surface area (Å²) in [5.74, 6) is 0.0777. The van der Waals surface area contributed by atoms with Gasteiger partial charge in [-0.15, -0.1) is 11.3 Å². The Morgan fingerprint density at radius 2 is 2.11 bits per heavy atom. The minimum atomic E-state index is -0.587. The summed E-state index contributed by atoms with van der Waals surface area (Å²) in [6.07, 6.45) is 1.50. The molecule has 0 saturated heterocycles. The van der Waals surface area contributed by atoms with Crippen LogP contribution in [0.1, 0.15) is 24.2 Å². The summed E-state index contributed by atoms with van der Waals surface area (Å²) in [7, 11) is 1.78. The Kier molecular flexibility index (Phi) is 3.90. The summed E-state index contributed by atoms with van der Waals surface area (Å²) in [4.78, 5) is 24.0. The number of carbonyl (C=O) groups is 1. The summed E-state index contributed by atoms with van der Waals surface area (Å²) in [5, 5.41) is 1.78. The zero-order valence-corrected chi connectivity index (χ0v) is 11.9. The Morgan fingerprint density at radius 3 is 2.74 bits per heavy atom. The lowest BCUT2D eigenvalue weighted by molar-refractivity contribution is 0.0524. The monoisotopic (exact) mass is 281 g/mol. The summed E-state index contributed by atoms with van der Waals surface area (Å²) in [6.45, 7) is 4.36. The van der Waals surface area contributed by atoms with Gasteiger partial charge in [0.2, 0.25) is 5.43 Å². The molecule has 0 radical (unpaired) electrons. The SMILES string of the molecule is CCOC(=O)c1cn(C)c2c(OCC)csc2c1=O. The molecule has 5 nitrogen and oxygen atoms in total. The molecule has 0 amide bonds. The first-order valence-electron chi connectivity index (χ1n) is 6.00. The van der Waals surface area contributed by atoms with E-state index in [2.05, 4.69) is 0 Å². The predicted octanol–water partition coefficient (Wildman–Crippen LogP) is 2.18. The summed E-state index contributed by atoms with van der Waals surface area (Å²) < 4.78 is 12.6. The molecule has 6 heteroatoms. The second-order valence-electron chi connectivity index (χ2n) is 3.91. The molecule has 0 unspecified atom stereocenters. The molecular formula is C13H15NO4S. The van der Waals surface area contributed by atoms with E-state index in [4.69, 9.17) is 9.47 Å². The average Bonchev–Trinajstić information content (AvgIpc) is 2.79. The van der Waals surface area contributed by atoms with Crippen LogP contribution >= 0.6 is 11.3 Å². The molecule has 0 bridgehead atoms. The van der Waals surface area contributed by atoms with Gasteiger partial charge in [-0.25, -0.2) is 4.79 Å². The fraction of sp³-hybridized carbons (Fsp3) is 0.385. The van der Waals surface area contributed by atoms with E-state index < -0.39 is 5.97 Å². The highest BCUT2D eigenvalue weighted by atomic mass is 32.1. The molecule has 2 aromatic rings. The molecule has 2 aromatic heterocycles. The first kappa shape index (κ1) is 13.6. The summed E-state index contributed by atoms with van der Waals surface area (Å²) in [5.41, 5.74) is 0.467. The third-order valence-corrected chi connectivity index (χ3v) is 3.60. The second-order valence-corrected chi connectivity index (χ2v) is 4.79. The highest BCUT2D eigenvalue weighted by Crippen LogP contribution is 2.30. The Morgan fingerprint density at radius 1 is 1.37 bits per heavy atom. The Balaban J connectivity index is 2.64. The van der Waals surface area contributed by atoms with E-state index in [9.17, 15) is 9.59 Å². The standard InChI is InChI=1S/C13H15NO4S/c1-4-17-9-7-19-12-10(9)14(3)6-8(11(12)15)13(16)18-5-2/h6-7H,4-5H2,1-3H3. The predicted molar refractivity (Wildman–Crippen MR) is 74.2 cm³/mol. The van der Waals surface area contributed by atoms with Crippen LogP contribution < -0.4 is 10.2 Å². The quantitative estimate of drug-likeness (QED) is 0.806. The fourth-order valence-electron chi connectivity index (χ4n) is 1.88. The van der Waals surface area contributed by atoms with E-state index in [1.807, 2.05) is 6.92 Å². The first-order valence-corrected chi connectivity index (χ1v) is 6.88. The van der Waals surface area contributed by atoms with E-state index in [1.165, 1.54) is 17.5 Å². The van der Waals surface area contributed by atoms with Crippen molar-refractivity contribution in [2.75, 3.05) is 13.2 Å². The van der Waals surface area contributed by atoms with Crippen LogP contribution in [0.25, 0.3) is 10.2 Å². The molecule has 0 aliphatic heterocycles. The second kappa shape index (κ2) is 5.44. The number of fused-ring (bicyclic) bond motifs is 1. The molecule has 0 aromatic carbocycles. The summed E-state index contributed by atoms with van der Waals surface area (Å²) >= 11 is 1.28. The molecule has 0 atom stereocenters. The van der Waals surface area contributed by atoms with Crippen LogP contribution in [0.3, 0.4) is 0 Å². The van der Waals surface area contributed by atoms with Gasteiger partial charge < -0.3 is 14.0 Å². The van der Waals surface area contributed by atoms with Crippen molar-refractivity contribution >= 4 is 27.5 Å². The number of carbonyl (C=O) groups excluding carboxylic acids is 1. The lowest BCUT2D eigenvalue weighted by atomic mass is 10.2. The van der Waals surface area contributed by atoms with E-state index in [-0.39, 0.29) is 17.6 Å². The third-order valence-electron chi connectivity index (χ3n) is 2.65. The maximum atomic E-state index is 12.3. The number of nitrogens with zero attached hydrogens (tertiary/aromatic N) is 1. The van der Waals surface area contributed by atoms with Crippen LogP contribution in [0.5, 0.6) is 5.75 Å². The lowest BCUT2D eigenvalue weighted by Crippen LogP contribution is -2.19. The maximum absolute atomic E-state index is 12.3. The van der Waals surface area contributed by atoms with Crippen LogP contribution in [-0.2, 0) is 11.8 Å². The molecule has 2 heterocycles. The van der Waals surface area contributed by atoms with Crippen LogP contribution in [0, 0.1) is 0 Å². The van der Waals surface area contributed by atoms with Gasteiger partial charge in [-0.05, 0) is 13.8 Å². The molecule has 0 aliphatic carbocycles. The van der Waals surface area contributed by atoms with Gasteiger partial charge in [0, 0.05) is 18.6 Å². The van der Waals surface area contributed by atoms with Crippen molar-refractivity contribution in [2.24, 2.45) is 7.05 Å². The molecule has 0 fully saturated rings. The van der Waals surface area contributed by atoms with Gasteiger partial charge >= 0.3 is 5.97 Å². The van der Waals surface area contributed by atoms with Crippen molar-refractivity contribution in [3.05, 3.63) is 27.4 Å². The van der Waals surface area contributed by atoms with E-state index >= 15 is 0 Å². The lowest BCUT2D eigenvalue weighted by Gasteiger charge is -2.08. The van der Waals surface area contributed by atoms with E-state index in [1.54, 1.807) is 23.9 Å². The van der Waals surface area contributed by atoms with Crippen molar-refractivity contribution in [3.8, 4) is 5.75 Å². The molecule has 0 aliphatic rings. The van der Waals surface area contributed by atoms with E-state index in [0.29, 0.717) is 22.6 Å². The number of thiophene rings is 1. The number of aromatic nitrogens is 1.